The van der Waals surface area contributed by atoms with Crippen LogP contribution in [0.2, 0.25) is 5.02 Å². The summed E-state index contributed by atoms with van der Waals surface area (Å²) in [4.78, 5) is 0. The van der Waals surface area contributed by atoms with E-state index in [1.165, 1.54) is 5.69 Å². The summed E-state index contributed by atoms with van der Waals surface area (Å²) in [7, 11) is 0. The van der Waals surface area contributed by atoms with Crippen molar-refractivity contribution in [3.63, 3.8) is 0 Å². The molecule has 1 aromatic heterocycles. The number of nitrogens with zero attached hydrogens (tertiary/aromatic N) is 1. The van der Waals surface area contributed by atoms with Gasteiger partial charge in [-0.1, -0.05) is 17.7 Å². The minimum absolute atomic E-state index is 0.723. The van der Waals surface area contributed by atoms with Crippen LogP contribution in [0.15, 0.2) is 41.0 Å². The molecule has 1 aromatic carbocycles. The van der Waals surface area contributed by atoms with Gasteiger partial charge in [0, 0.05) is 18.4 Å². The van der Waals surface area contributed by atoms with E-state index in [-0.39, 0.29) is 0 Å². The third-order valence-corrected chi connectivity index (χ3v) is 4.07. The van der Waals surface area contributed by atoms with Gasteiger partial charge in [0.05, 0.1) is 21.7 Å². The SMILES string of the molecule is CCn1cccc1CNc1cccc(Cl)c1Br. The predicted octanol–water partition coefficient (Wildman–Crippen LogP) is 4.54. The second-order valence-electron chi connectivity index (χ2n) is 3.74. The Kier molecular flexibility index (Phi) is 4.13. The molecule has 0 fully saturated rings. The van der Waals surface area contributed by atoms with Gasteiger partial charge in [0.25, 0.3) is 0 Å². The fraction of sp³-hybridized carbons (Fsp3) is 0.231. The molecule has 0 radical (unpaired) electrons. The van der Waals surface area contributed by atoms with Crippen molar-refractivity contribution in [1.82, 2.24) is 4.57 Å². The maximum absolute atomic E-state index is 6.04. The molecule has 1 N–H and O–H groups in total. The van der Waals surface area contributed by atoms with Crippen molar-refractivity contribution in [3.8, 4) is 0 Å². The lowest BCUT2D eigenvalue weighted by atomic mass is 10.3. The van der Waals surface area contributed by atoms with Crippen LogP contribution in [-0.2, 0) is 13.1 Å². The zero-order valence-electron chi connectivity index (χ0n) is 9.58. The highest BCUT2D eigenvalue weighted by Gasteiger charge is 2.04. The Morgan fingerprint density at radius 3 is 2.88 bits per heavy atom. The van der Waals surface area contributed by atoms with Crippen LogP contribution in [0.25, 0.3) is 0 Å². The molecule has 0 amide bonds. The van der Waals surface area contributed by atoms with Gasteiger partial charge >= 0.3 is 0 Å². The van der Waals surface area contributed by atoms with E-state index in [4.69, 9.17) is 11.6 Å². The number of aromatic nitrogens is 1. The molecule has 2 rings (SSSR count). The molecule has 0 saturated heterocycles. The minimum atomic E-state index is 0.723. The van der Waals surface area contributed by atoms with Crippen molar-refractivity contribution in [1.29, 1.82) is 0 Å². The molecule has 2 aromatic rings. The topological polar surface area (TPSA) is 17.0 Å². The summed E-state index contributed by atoms with van der Waals surface area (Å²) in [6.07, 6.45) is 2.09. The van der Waals surface area contributed by atoms with Crippen molar-refractivity contribution in [2.45, 2.75) is 20.0 Å². The Hall–Kier alpha value is -0.930. The Balaban J connectivity index is 2.10. The molecular weight excluding hydrogens is 300 g/mol. The summed E-state index contributed by atoms with van der Waals surface area (Å²) in [5.41, 5.74) is 2.28. The molecule has 0 spiro atoms. The molecule has 4 heteroatoms. The first-order chi connectivity index (χ1) is 8.22. The van der Waals surface area contributed by atoms with Gasteiger partial charge in [-0.25, -0.2) is 0 Å². The summed E-state index contributed by atoms with van der Waals surface area (Å²) >= 11 is 9.52. The van der Waals surface area contributed by atoms with Crippen molar-refractivity contribution in [3.05, 3.63) is 51.7 Å². The standard InChI is InChI=1S/C13H14BrClN2/c1-2-17-8-4-5-10(17)9-16-12-7-3-6-11(15)13(12)14/h3-8,16H,2,9H2,1H3. The highest BCUT2D eigenvalue weighted by molar-refractivity contribution is 9.10. The van der Waals surface area contributed by atoms with Crippen LogP contribution >= 0.6 is 27.5 Å². The molecule has 0 aliphatic heterocycles. The van der Waals surface area contributed by atoms with Crippen molar-refractivity contribution >= 4 is 33.2 Å². The zero-order chi connectivity index (χ0) is 12.3. The third-order valence-electron chi connectivity index (χ3n) is 2.68. The van der Waals surface area contributed by atoms with E-state index in [1.807, 2.05) is 18.2 Å². The summed E-state index contributed by atoms with van der Waals surface area (Å²) in [6, 6.07) is 10.00. The first-order valence-corrected chi connectivity index (χ1v) is 6.71. The second kappa shape index (κ2) is 5.61. The van der Waals surface area contributed by atoms with E-state index in [1.54, 1.807) is 0 Å². The van der Waals surface area contributed by atoms with Crippen molar-refractivity contribution in [2.24, 2.45) is 0 Å². The van der Waals surface area contributed by atoms with E-state index >= 15 is 0 Å². The van der Waals surface area contributed by atoms with Crippen molar-refractivity contribution in [2.75, 3.05) is 5.32 Å². The first kappa shape index (κ1) is 12.5. The van der Waals surface area contributed by atoms with Crippen LogP contribution in [0.3, 0.4) is 0 Å². The second-order valence-corrected chi connectivity index (χ2v) is 4.94. The highest BCUT2D eigenvalue weighted by Crippen LogP contribution is 2.30. The van der Waals surface area contributed by atoms with Gasteiger partial charge in [-0.05, 0) is 47.1 Å². The largest absolute Gasteiger partial charge is 0.379 e. The zero-order valence-corrected chi connectivity index (χ0v) is 11.9. The Morgan fingerprint density at radius 1 is 1.29 bits per heavy atom. The van der Waals surface area contributed by atoms with E-state index in [9.17, 15) is 0 Å². The monoisotopic (exact) mass is 312 g/mol. The molecule has 0 unspecified atom stereocenters. The van der Waals surface area contributed by atoms with Gasteiger partial charge in [-0.2, -0.15) is 0 Å². The number of hydrogen-bond acceptors (Lipinski definition) is 1. The Morgan fingerprint density at radius 2 is 2.12 bits per heavy atom. The molecule has 1 heterocycles. The average molecular weight is 314 g/mol. The summed E-state index contributed by atoms with van der Waals surface area (Å²) < 4.78 is 3.13. The van der Waals surface area contributed by atoms with Gasteiger partial charge in [0.15, 0.2) is 0 Å². The van der Waals surface area contributed by atoms with Crippen molar-refractivity contribution < 1.29 is 0 Å². The number of hydrogen-bond donors (Lipinski definition) is 1. The van der Waals surface area contributed by atoms with Gasteiger partial charge in [-0.3, -0.25) is 0 Å². The van der Waals surface area contributed by atoms with E-state index in [0.717, 1.165) is 28.3 Å². The van der Waals surface area contributed by atoms with Crippen LogP contribution in [-0.4, -0.2) is 4.57 Å². The van der Waals surface area contributed by atoms with E-state index in [0.29, 0.717) is 0 Å². The molecule has 2 nitrogen and oxygen atoms in total. The first-order valence-electron chi connectivity index (χ1n) is 5.54. The van der Waals surface area contributed by atoms with Crippen LogP contribution in [0.4, 0.5) is 5.69 Å². The number of aryl methyl sites for hydroxylation is 1. The van der Waals surface area contributed by atoms with E-state index < -0.39 is 0 Å². The molecule has 0 atom stereocenters. The molecular formula is C13H14BrClN2. The molecule has 0 saturated carbocycles. The van der Waals surface area contributed by atoms with Crippen LogP contribution < -0.4 is 5.32 Å². The number of anilines is 1. The van der Waals surface area contributed by atoms with Crippen LogP contribution in [0, 0.1) is 0 Å². The summed E-state index contributed by atoms with van der Waals surface area (Å²) in [5, 5.41) is 4.10. The molecule has 90 valence electrons. The molecule has 0 bridgehead atoms. The minimum Gasteiger partial charge on any atom is -0.379 e. The Labute approximate surface area is 115 Å². The maximum atomic E-state index is 6.04. The number of rotatable bonds is 4. The van der Waals surface area contributed by atoms with Gasteiger partial charge < -0.3 is 9.88 Å². The van der Waals surface area contributed by atoms with Gasteiger partial charge in [0.1, 0.15) is 0 Å². The quantitative estimate of drug-likeness (QED) is 0.877. The number of benzene rings is 1. The fourth-order valence-corrected chi connectivity index (χ4v) is 2.32. The van der Waals surface area contributed by atoms with Crippen LogP contribution in [0.5, 0.6) is 0 Å². The van der Waals surface area contributed by atoms with Gasteiger partial charge in [-0.15, -0.1) is 0 Å². The Bertz CT molecular complexity index is 508. The fourth-order valence-electron chi connectivity index (χ4n) is 1.74. The molecule has 0 aliphatic carbocycles. The van der Waals surface area contributed by atoms with Crippen LogP contribution in [0.1, 0.15) is 12.6 Å². The third kappa shape index (κ3) is 2.85. The lowest BCUT2D eigenvalue weighted by molar-refractivity contribution is 0.724. The van der Waals surface area contributed by atoms with E-state index in [2.05, 4.69) is 51.1 Å². The molecule has 0 aliphatic rings. The number of nitrogens with one attached hydrogen (secondary N) is 1. The average Bonchev–Trinajstić information content (AvgIpc) is 2.78. The lowest BCUT2D eigenvalue weighted by Gasteiger charge is -2.11. The normalized spacial score (nSPS) is 10.5. The predicted molar refractivity (Wildman–Crippen MR) is 76.6 cm³/mol. The number of halogens is 2. The summed E-state index contributed by atoms with van der Waals surface area (Å²) in [5.74, 6) is 0. The highest BCUT2D eigenvalue weighted by atomic mass is 79.9. The lowest BCUT2D eigenvalue weighted by Crippen LogP contribution is -2.06. The molecule has 17 heavy (non-hydrogen) atoms. The smallest absolute Gasteiger partial charge is 0.0593 e. The van der Waals surface area contributed by atoms with Gasteiger partial charge in [0.2, 0.25) is 0 Å². The maximum Gasteiger partial charge on any atom is 0.0593 e. The summed E-state index contributed by atoms with van der Waals surface area (Å²) in [6.45, 7) is 3.92.